The van der Waals surface area contributed by atoms with Gasteiger partial charge < -0.3 is 4.57 Å². The lowest BCUT2D eigenvalue weighted by molar-refractivity contribution is -0.144. The predicted octanol–water partition coefficient (Wildman–Crippen LogP) is 5.07. The highest BCUT2D eigenvalue weighted by atomic mass is 19.4. The van der Waals surface area contributed by atoms with Gasteiger partial charge in [-0.1, -0.05) is 49.6 Å². The summed E-state index contributed by atoms with van der Waals surface area (Å²) in [6.45, 7) is 0. The van der Waals surface area contributed by atoms with E-state index in [-0.39, 0.29) is 6.04 Å². The van der Waals surface area contributed by atoms with Gasteiger partial charge in [-0.2, -0.15) is 13.2 Å². The standard InChI is InChI=1S/C16H17F3N2/c17-16(18,19)14-11-20-15(12-7-3-1-4-8-12)21(14)13-9-5-2-6-10-13/h1,3-4,7-8,11,13H,2,5-6,9-10H2. The Morgan fingerprint density at radius 3 is 2.29 bits per heavy atom. The Kier molecular flexibility index (Phi) is 3.74. The summed E-state index contributed by atoms with van der Waals surface area (Å²) in [6.07, 6.45) is 1.25. The van der Waals surface area contributed by atoms with E-state index in [9.17, 15) is 13.2 Å². The number of imidazole rings is 1. The van der Waals surface area contributed by atoms with Crippen LogP contribution in [0.1, 0.15) is 43.8 Å². The fourth-order valence-corrected chi connectivity index (χ4v) is 3.08. The smallest absolute Gasteiger partial charge is 0.317 e. The van der Waals surface area contributed by atoms with Crippen molar-refractivity contribution in [1.29, 1.82) is 0 Å². The summed E-state index contributed by atoms with van der Waals surface area (Å²) in [4.78, 5) is 4.07. The molecular weight excluding hydrogens is 277 g/mol. The van der Waals surface area contributed by atoms with E-state index in [1.165, 1.54) is 4.57 Å². The number of hydrogen-bond donors (Lipinski definition) is 0. The average molecular weight is 294 g/mol. The summed E-state index contributed by atoms with van der Waals surface area (Å²) in [6, 6.07) is 9.00. The van der Waals surface area contributed by atoms with E-state index >= 15 is 0 Å². The fourth-order valence-electron chi connectivity index (χ4n) is 3.08. The lowest BCUT2D eigenvalue weighted by atomic mass is 9.94. The van der Waals surface area contributed by atoms with Crippen molar-refractivity contribution in [3.8, 4) is 11.4 Å². The first-order chi connectivity index (χ1) is 10.1. The molecule has 1 aromatic carbocycles. The van der Waals surface area contributed by atoms with Crippen LogP contribution in [0.3, 0.4) is 0 Å². The largest absolute Gasteiger partial charge is 0.433 e. The van der Waals surface area contributed by atoms with Gasteiger partial charge in [-0.3, -0.25) is 0 Å². The molecule has 1 aliphatic rings. The molecule has 0 bridgehead atoms. The first kappa shape index (κ1) is 14.2. The second-order valence-electron chi connectivity index (χ2n) is 5.49. The van der Waals surface area contributed by atoms with Crippen LogP contribution < -0.4 is 0 Å². The SMILES string of the molecule is FC(F)(F)c1cnc(-c2ccccc2)n1C1CCCCC1. The zero-order valence-electron chi connectivity index (χ0n) is 11.6. The maximum absolute atomic E-state index is 13.3. The second kappa shape index (κ2) is 5.54. The Morgan fingerprint density at radius 2 is 1.67 bits per heavy atom. The summed E-state index contributed by atoms with van der Waals surface area (Å²) < 4.78 is 41.2. The molecule has 2 aromatic rings. The van der Waals surface area contributed by atoms with E-state index in [2.05, 4.69) is 4.98 Å². The average Bonchev–Trinajstić information content (AvgIpc) is 2.94. The normalized spacial score (nSPS) is 17.1. The van der Waals surface area contributed by atoms with Crippen LogP contribution in [-0.4, -0.2) is 9.55 Å². The first-order valence-electron chi connectivity index (χ1n) is 7.27. The van der Waals surface area contributed by atoms with Crippen molar-refractivity contribution < 1.29 is 13.2 Å². The molecule has 0 saturated heterocycles. The van der Waals surface area contributed by atoms with Gasteiger partial charge in [-0.15, -0.1) is 0 Å². The summed E-state index contributed by atoms with van der Waals surface area (Å²) in [5, 5.41) is 0. The maximum Gasteiger partial charge on any atom is 0.433 e. The number of benzene rings is 1. The van der Waals surface area contributed by atoms with E-state index in [0.29, 0.717) is 5.82 Å². The van der Waals surface area contributed by atoms with E-state index in [1.807, 2.05) is 30.3 Å². The molecule has 1 saturated carbocycles. The molecule has 1 fully saturated rings. The van der Waals surface area contributed by atoms with Crippen LogP contribution in [0.15, 0.2) is 36.5 Å². The molecule has 0 atom stereocenters. The van der Waals surface area contributed by atoms with Gasteiger partial charge in [0.25, 0.3) is 0 Å². The molecule has 2 nitrogen and oxygen atoms in total. The Bertz CT molecular complexity index is 596. The zero-order valence-corrected chi connectivity index (χ0v) is 11.6. The number of rotatable bonds is 2. The van der Waals surface area contributed by atoms with Crippen LogP contribution in [0.2, 0.25) is 0 Å². The van der Waals surface area contributed by atoms with Crippen LogP contribution in [0, 0.1) is 0 Å². The van der Waals surface area contributed by atoms with Crippen molar-refractivity contribution >= 4 is 0 Å². The molecule has 1 heterocycles. The number of nitrogens with zero attached hydrogens (tertiary/aromatic N) is 2. The van der Waals surface area contributed by atoms with Crippen LogP contribution >= 0.6 is 0 Å². The highest BCUT2D eigenvalue weighted by Crippen LogP contribution is 2.39. The minimum Gasteiger partial charge on any atom is -0.317 e. The molecule has 0 radical (unpaired) electrons. The molecule has 0 unspecified atom stereocenters. The number of alkyl halides is 3. The quantitative estimate of drug-likeness (QED) is 0.755. The van der Waals surface area contributed by atoms with E-state index < -0.39 is 11.9 Å². The van der Waals surface area contributed by atoms with Gasteiger partial charge in [0, 0.05) is 11.6 Å². The Balaban J connectivity index is 2.10. The van der Waals surface area contributed by atoms with Crippen LogP contribution in [-0.2, 0) is 6.18 Å². The molecule has 0 spiro atoms. The van der Waals surface area contributed by atoms with Crippen molar-refractivity contribution in [2.24, 2.45) is 0 Å². The van der Waals surface area contributed by atoms with Gasteiger partial charge in [0.2, 0.25) is 0 Å². The highest BCUT2D eigenvalue weighted by molar-refractivity contribution is 5.56. The molecule has 1 aliphatic carbocycles. The fraction of sp³-hybridized carbons (Fsp3) is 0.438. The van der Waals surface area contributed by atoms with Crippen molar-refractivity contribution in [1.82, 2.24) is 9.55 Å². The lowest BCUT2D eigenvalue weighted by Crippen LogP contribution is -2.21. The van der Waals surface area contributed by atoms with Gasteiger partial charge in [0.05, 0.1) is 6.20 Å². The van der Waals surface area contributed by atoms with Crippen molar-refractivity contribution in [2.45, 2.75) is 44.3 Å². The number of halogens is 3. The van der Waals surface area contributed by atoms with E-state index in [4.69, 9.17) is 0 Å². The van der Waals surface area contributed by atoms with E-state index in [1.54, 1.807) is 0 Å². The van der Waals surface area contributed by atoms with Crippen LogP contribution in [0.5, 0.6) is 0 Å². The first-order valence-corrected chi connectivity index (χ1v) is 7.27. The molecule has 0 N–H and O–H groups in total. The van der Waals surface area contributed by atoms with Gasteiger partial charge in [0.1, 0.15) is 11.5 Å². The number of aromatic nitrogens is 2. The Labute approximate surface area is 121 Å². The summed E-state index contributed by atoms with van der Waals surface area (Å²) >= 11 is 0. The monoisotopic (exact) mass is 294 g/mol. The summed E-state index contributed by atoms with van der Waals surface area (Å²) in [5.41, 5.74) is 0.104. The van der Waals surface area contributed by atoms with Crippen molar-refractivity contribution in [2.75, 3.05) is 0 Å². The van der Waals surface area contributed by atoms with Crippen LogP contribution in [0.25, 0.3) is 11.4 Å². The second-order valence-corrected chi connectivity index (χ2v) is 5.49. The topological polar surface area (TPSA) is 17.8 Å². The van der Waals surface area contributed by atoms with Gasteiger partial charge in [-0.25, -0.2) is 4.98 Å². The highest BCUT2D eigenvalue weighted by Gasteiger charge is 2.38. The Hall–Kier alpha value is -1.78. The third-order valence-corrected chi connectivity index (χ3v) is 4.06. The molecule has 112 valence electrons. The predicted molar refractivity (Wildman–Crippen MR) is 74.8 cm³/mol. The minimum absolute atomic E-state index is 0.104. The molecule has 0 amide bonds. The molecule has 3 rings (SSSR count). The van der Waals surface area contributed by atoms with E-state index in [0.717, 1.165) is 43.9 Å². The summed E-state index contributed by atoms with van der Waals surface area (Å²) in [5.74, 6) is 0.426. The van der Waals surface area contributed by atoms with Crippen molar-refractivity contribution in [3.63, 3.8) is 0 Å². The molecule has 0 aliphatic heterocycles. The third-order valence-electron chi connectivity index (χ3n) is 4.06. The molecule has 5 heteroatoms. The maximum atomic E-state index is 13.3. The lowest BCUT2D eigenvalue weighted by Gasteiger charge is -2.27. The molecular formula is C16H17F3N2. The summed E-state index contributed by atoms with van der Waals surface area (Å²) in [7, 11) is 0. The minimum atomic E-state index is -4.36. The zero-order chi connectivity index (χ0) is 14.9. The Morgan fingerprint density at radius 1 is 1.00 bits per heavy atom. The van der Waals surface area contributed by atoms with Gasteiger partial charge >= 0.3 is 6.18 Å². The van der Waals surface area contributed by atoms with Crippen LogP contribution in [0.4, 0.5) is 13.2 Å². The molecule has 1 aromatic heterocycles. The van der Waals surface area contributed by atoms with Crippen molar-refractivity contribution in [3.05, 3.63) is 42.2 Å². The van der Waals surface area contributed by atoms with Gasteiger partial charge in [-0.05, 0) is 12.8 Å². The molecule has 21 heavy (non-hydrogen) atoms. The van der Waals surface area contributed by atoms with Gasteiger partial charge in [0.15, 0.2) is 0 Å². The third kappa shape index (κ3) is 2.82. The number of hydrogen-bond acceptors (Lipinski definition) is 1.